The summed E-state index contributed by atoms with van der Waals surface area (Å²) < 4.78 is 6.93. The van der Waals surface area contributed by atoms with E-state index in [4.69, 9.17) is 16.3 Å². The van der Waals surface area contributed by atoms with Gasteiger partial charge in [-0.05, 0) is 63.6 Å². The van der Waals surface area contributed by atoms with E-state index in [1.807, 2.05) is 25.1 Å². The van der Waals surface area contributed by atoms with Crippen molar-refractivity contribution in [3.05, 3.63) is 37.1 Å². The number of aromatic nitrogens is 2. The van der Waals surface area contributed by atoms with E-state index in [1.165, 1.54) is 0 Å². The molecule has 0 fully saturated rings. The van der Waals surface area contributed by atoms with E-state index >= 15 is 0 Å². The van der Waals surface area contributed by atoms with Gasteiger partial charge in [0.1, 0.15) is 10.9 Å². The quantitative estimate of drug-likeness (QED) is 0.511. The summed E-state index contributed by atoms with van der Waals surface area (Å²) >= 11 is 11.7. The summed E-state index contributed by atoms with van der Waals surface area (Å²) in [6.45, 7) is 1.91. The predicted molar refractivity (Wildman–Crippen MR) is 84.2 cm³/mol. The van der Waals surface area contributed by atoms with Crippen molar-refractivity contribution >= 4 is 50.1 Å². The molecule has 0 atom stereocenters. The molecule has 18 heavy (non-hydrogen) atoms. The molecule has 1 aromatic heterocycles. The molecule has 0 amide bonds. The van der Waals surface area contributed by atoms with Crippen LogP contribution in [0.1, 0.15) is 5.69 Å². The Morgan fingerprint density at radius 2 is 2.06 bits per heavy atom. The Balaban J connectivity index is 2.52. The van der Waals surface area contributed by atoms with Crippen molar-refractivity contribution in [1.29, 1.82) is 0 Å². The molecule has 0 unspecified atom stereocenters. The molecule has 94 valence electrons. The number of methoxy groups -OCH3 is 1. The highest BCUT2D eigenvalue weighted by Crippen LogP contribution is 2.30. The van der Waals surface area contributed by atoms with Crippen molar-refractivity contribution in [2.24, 2.45) is 0 Å². The van der Waals surface area contributed by atoms with Gasteiger partial charge in [-0.25, -0.2) is 9.97 Å². The molecule has 0 aliphatic carbocycles. The minimum absolute atomic E-state index is 0.477. The number of ether oxygens (including phenoxy) is 1. The molecule has 6 heteroatoms. The van der Waals surface area contributed by atoms with Gasteiger partial charge >= 0.3 is 0 Å². The third-order valence-electron chi connectivity index (χ3n) is 2.39. The molecule has 3 nitrogen and oxygen atoms in total. The molecule has 1 aromatic carbocycles. The van der Waals surface area contributed by atoms with Crippen LogP contribution < -0.4 is 4.74 Å². The second-order valence-corrected chi connectivity index (χ2v) is 5.88. The fourth-order valence-electron chi connectivity index (χ4n) is 1.46. The second-order valence-electron chi connectivity index (χ2n) is 3.59. The molecule has 1 heterocycles. The monoisotopic (exact) mass is 438 g/mol. The van der Waals surface area contributed by atoms with Crippen LogP contribution in [-0.4, -0.2) is 17.1 Å². The highest BCUT2D eigenvalue weighted by Gasteiger charge is 2.10. The highest BCUT2D eigenvalue weighted by atomic mass is 127. The summed E-state index contributed by atoms with van der Waals surface area (Å²) in [7, 11) is 1.63. The first-order valence-electron chi connectivity index (χ1n) is 5.06. The van der Waals surface area contributed by atoms with E-state index in [0.717, 1.165) is 25.0 Å². The van der Waals surface area contributed by atoms with Crippen LogP contribution in [0.2, 0.25) is 5.15 Å². The second kappa shape index (κ2) is 5.71. The number of halogens is 3. The molecule has 0 saturated heterocycles. The SMILES string of the molecule is COc1ccc(-c2nc(C)c(I)c(Cl)n2)cc1Br. The van der Waals surface area contributed by atoms with E-state index in [1.54, 1.807) is 7.11 Å². The zero-order valence-corrected chi connectivity index (χ0v) is 14.2. The summed E-state index contributed by atoms with van der Waals surface area (Å²) in [6.07, 6.45) is 0. The van der Waals surface area contributed by atoms with Crippen LogP contribution in [0.3, 0.4) is 0 Å². The molecule has 0 bridgehead atoms. The van der Waals surface area contributed by atoms with Gasteiger partial charge in [-0.2, -0.15) is 0 Å². The fourth-order valence-corrected chi connectivity index (χ4v) is 2.46. The lowest BCUT2D eigenvalue weighted by atomic mass is 10.2. The van der Waals surface area contributed by atoms with Gasteiger partial charge in [0.15, 0.2) is 5.82 Å². The maximum atomic E-state index is 6.07. The maximum Gasteiger partial charge on any atom is 0.161 e. The number of hydrogen-bond donors (Lipinski definition) is 0. The van der Waals surface area contributed by atoms with Crippen molar-refractivity contribution in [3.8, 4) is 17.1 Å². The Morgan fingerprint density at radius 3 is 2.61 bits per heavy atom. The standard InChI is InChI=1S/C12H9BrClIN2O/c1-6-10(15)11(14)17-12(16-6)7-3-4-9(18-2)8(13)5-7/h3-5H,1-2H3. The van der Waals surface area contributed by atoms with Gasteiger partial charge in [0.05, 0.1) is 20.8 Å². The minimum atomic E-state index is 0.477. The Kier molecular flexibility index (Phi) is 4.45. The van der Waals surface area contributed by atoms with Gasteiger partial charge in [0, 0.05) is 5.56 Å². The first-order chi connectivity index (χ1) is 8.52. The normalized spacial score (nSPS) is 10.5. The van der Waals surface area contributed by atoms with E-state index in [-0.39, 0.29) is 0 Å². The molecule has 0 aliphatic heterocycles. The molecular weight excluding hydrogens is 430 g/mol. The van der Waals surface area contributed by atoms with E-state index in [2.05, 4.69) is 48.5 Å². The van der Waals surface area contributed by atoms with Crippen molar-refractivity contribution in [2.45, 2.75) is 6.92 Å². The largest absolute Gasteiger partial charge is 0.496 e. The summed E-state index contributed by atoms with van der Waals surface area (Å²) in [4.78, 5) is 8.72. The summed E-state index contributed by atoms with van der Waals surface area (Å²) in [5, 5.41) is 0.477. The van der Waals surface area contributed by atoms with Crippen molar-refractivity contribution in [1.82, 2.24) is 9.97 Å². The molecule has 0 N–H and O–H groups in total. The van der Waals surface area contributed by atoms with Crippen LogP contribution in [0.5, 0.6) is 5.75 Å². The van der Waals surface area contributed by atoms with Crippen LogP contribution in [0.4, 0.5) is 0 Å². The molecule has 0 radical (unpaired) electrons. The summed E-state index contributed by atoms with van der Waals surface area (Å²) in [5.74, 6) is 1.38. The van der Waals surface area contributed by atoms with Crippen molar-refractivity contribution < 1.29 is 4.74 Å². The molecule has 2 aromatic rings. The molecule has 0 spiro atoms. The Labute approximate surface area is 132 Å². The smallest absolute Gasteiger partial charge is 0.161 e. The molecule has 0 saturated carbocycles. The van der Waals surface area contributed by atoms with Crippen LogP contribution in [0.25, 0.3) is 11.4 Å². The predicted octanol–water partition coefficient (Wildman–Crippen LogP) is 4.48. The van der Waals surface area contributed by atoms with Crippen LogP contribution in [-0.2, 0) is 0 Å². The number of nitrogens with zero attached hydrogens (tertiary/aromatic N) is 2. The number of benzene rings is 1. The van der Waals surface area contributed by atoms with Gasteiger partial charge in [-0.3, -0.25) is 0 Å². The Bertz CT molecular complexity index is 584. The Hall–Kier alpha value is -0.400. The van der Waals surface area contributed by atoms with Crippen molar-refractivity contribution in [3.63, 3.8) is 0 Å². The van der Waals surface area contributed by atoms with Crippen LogP contribution in [0, 0.1) is 10.5 Å². The number of rotatable bonds is 2. The zero-order chi connectivity index (χ0) is 13.3. The topological polar surface area (TPSA) is 35.0 Å². The van der Waals surface area contributed by atoms with Gasteiger partial charge in [0.25, 0.3) is 0 Å². The summed E-state index contributed by atoms with van der Waals surface area (Å²) in [6, 6.07) is 5.68. The van der Waals surface area contributed by atoms with Gasteiger partial charge < -0.3 is 4.74 Å². The van der Waals surface area contributed by atoms with E-state index in [9.17, 15) is 0 Å². The van der Waals surface area contributed by atoms with Crippen LogP contribution in [0.15, 0.2) is 22.7 Å². The van der Waals surface area contributed by atoms with Crippen LogP contribution >= 0.6 is 50.1 Å². The minimum Gasteiger partial charge on any atom is -0.496 e. The highest BCUT2D eigenvalue weighted by molar-refractivity contribution is 14.1. The maximum absolute atomic E-state index is 6.07. The first-order valence-corrected chi connectivity index (χ1v) is 7.31. The average molecular weight is 439 g/mol. The van der Waals surface area contributed by atoms with E-state index < -0.39 is 0 Å². The number of hydrogen-bond acceptors (Lipinski definition) is 3. The zero-order valence-electron chi connectivity index (χ0n) is 9.67. The van der Waals surface area contributed by atoms with Gasteiger partial charge in [0.2, 0.25) is 0 Å². The Morgan fingerprint density at radius 1 is 1.33 bits per heavy atom. The lowest BCUT2D eigenvalue weighted by Crippen LogP contribution is -1.96. The van der Waals surface area contributed by atoms with E-state index in [0.29, 0.717) is 11.0 Å². The molecule has 0 aliphatic rings. The molecular formula is C12H9BrClIN2O. The van der Waals surface area contributed by atoms with Crippen molar-refractivity contribution in [2.75, 3.05) is 7.11 Å². The molecule has 2 rings (SSSR count). The number of aryl methyl sites for hydroxylation is 1. The third-order valence-corrected chi connectivity index (χ3v) is 4.89. The third kappa shape index (κ3) is 2.78. The van der Waals surface area contributed by atoms with Gasteiger partial charge in [-0.1, -0.05) is 11.6 Å². The lowest BCUT2D eigenvalue weighted by Gasteiger charge is -2.07. The first kappa shape index (κ1) is 14.0. The average Bonchev–Trinajstić information content (AvgIpc) is 2.35. The van der Waals surface area contributed by atoms with Gasteiger partial charge in [-0.15, -0.1) is 0 Å². The lowest BCUT2D eigenvalue weighted by molar-refractivity contribution is 0.412. The summed E-state index contributed by atoms with van der Waals surface area (Å²) in [5.41, 5.74) is 1.77. The fraction of sp³-hybridized carbons (Fsp3) is 0.167.